The number of aromatic nitrogens is 2. The second kappa shape index (κ2) is 4.60. The summed E-state index contributed by atoms with van der Waals surface area (Å²) in [4.78, 5) is 4.19. The average molecular weight is 223 g/mol. The van der Waals surface area contributed by atoms with Crippen LogP contribution in [0.1, 0.15) is 24.6 Å². The first-order valence-electron chi connectivity index (χ1n) is 5.14. The first-order valence-corrected chi connectivity index (χ1v) is 5.14. The van der Waals surface area contributed by atoms with Gasteiger partial charge in [-0.25, -0.2) is 0 Å². The molecule has 0 spiro atoms. The van der Waals surface area contributed by atoms with E-state index in [1.165, 1.54) is 0 Å². The van der Waals surface area contributed by atoms with Gasteiger partial charge >= 0.3 is 0 Å². The Morgan fingerprint density at radius 1 is 1.50 bits per heavy atom. The van der Waals surface area contributed by atoms with Crippen LogP contribution < -0.4 is 0 Å². The second-order valence-corrected chi connectivity index (χ2v) is 3.66. The lowest BCUT2D eigenvalue weighted by Gasteiger charge is -2.32. The molecule has 0 aromatic carbocycles. The maximum Gasteiger partial charge on any atom is 0.240 e. The molecule has 16 heavy (non-hydrogen) atoms. The summed E-state index contributed by atoms with van der Waals surface area (Å²) in [5, 5.41) is 12.4. The lowest BCUT2D eigenvalue weighted by Crippen LogP contribution is -2.36. The zero-order valence-electron chi connectivity index (χ0n) is 9.10. The van der Waals surface area contributed by atoms with Crippen LogP contribution in [0.15, 0.2) is 4.52 Å². The molecule has 0 saturated carbocycles. The Morgan fingerprint density at radius 2 is 2.25 bits per heavy atom. The normalized spacial score (nSPS) is 19.2. The van der Waals surface area contributed by atoms with Crippen LogP contribution in [-0.4, -0.2) is 30.5 Å². The van der Waals surface area contributed by atoms with Gasteiger partial charge in [0.15, 0.2) is 0 Å². The third kappa shape index (κ3) is 1.92. The number of rotatable bonds is 3. The highest BCUT2D eigenvalue weighted by molar-refractivity contribution is 5.04. The highest BCUT2D eigenvalue weighted by atomic mass is 16.5. The number of nitriles is 1. The molecule has 1 aliphatic rings. The van der Waals surface area contributed by atoms with Crippen molar-refractivity contribution in [2.75, 3.05) is 20.3 Å². The Morgan fingerprint density at radius 3 is 2.88 bits per heavy atom. The Labute approximate surface area is 93.1 Å². The average Bonchev–Trinajstić information content (AvgIpc) is 2.80. The van der Waals surface area contributed by atoms with Crippen LogP contribution in [0.25, 0.3) is 0 Å². The molecule has 0 atom stereocenters. The van der Waals surface area contributed by atoms with Gasteiger partial charge in [0.05, 0.1) is 6.07 Å². The molecule has 2 rings (SSSR count). The Kier molecular flexibility index (Phi) is 3.17. The summed E-state index contributed by atoms with van der Waals surface area (Å²) in [5.41, 5.74) is -0.518. The van der Waals surface area contributed by atoms with Crippen molar-refractivity contribution in [2.24, 2.45) is 0 Å². The van der Waals surface area contributed by atoms with Crippen LogP contribution in [0, 0.1) is 11.3 Å². The van der Waals surface area contributed by atoms with Crippen molar-refractivity contribution < 1.29 is 14.0 Å². The SMILES string of the molecule is COC1(c2noc(CC#N)n2)CCOCC1. The van der Waals surface area contributed by atoms with Crippen LogP contribution in [0.5, 0.6) is 0 Å². The van der Waals surface area contributed by atoms with Gasteiger partial charge < -0.3 is 14.0 Å². The zero-order chi connectivity index (χ0) is 11.4. The predicted molar refractivity (Wildman–Crippen MR) is 52.4 cm³/mol. The van der Waals surface area contributed by atoms with Gasteiger partial charge in [-0.15, -0.1) is 0 Å². The summed E-state index contributed by atoms with van der Waals surface area (Å²) in [6.07, 6.45) is 1.54. The van der Waals surface area contributed by atoms with E-state index < -0.39 is 5.60 Å². The Balaban J connectivity index is 2.22. The molecule has 2 heterocycles. The summed E-state index contributed by atoms with van der Waals surface area (Å²) in [6.45, 7) is 1.24. The molecule has 1 aliphatic heterocycles. The molecule has 0 aliphatic carbocycles. The Hall–Kier alpha value is -1.45. The third-order valence-corrected chi connectivity index (χ3v) is 2.80. The number of hydrogen-bond donors (Lipinski definition) is 0. The molecular formula is C10H13N3O3. The van der Waals surface area contributed by atoms with Crippen molar-refractivity contribution in [3.8, 4) is 6.07 Å². The smallest absolute Gasteiger partial charge is 0.240 e. The molecule has 1 fully saturated rings. The first kappa shape index (κ1) is 11.0. The van der Waals surface area contributed by atoms with E-state index in [0.717, 1.165) is 0 Å². The fourth-order valence-electron chi connectivity index (χ4n) is 1.80. The molecule has 0 amide bonds. The standard InChI is InChI=1S/C10H13N3O3/c1-14-10(3-6-15-7-4-10)9-12-8(2-5-11)16-13-9/h2-4,6-7H2,1H3. The van der Waals surface area contributed by atoms with Crippen molar-refractivity contribution in [3.05, 3.63) is 11.7 Å². The van der Waals surface area contributed by atoms with Crippen molar-refractivity contribution in [3.63, 3.8) is 0 Å². The molecule has 1 aromatic rings. The van der Waals surface area contributed by atoms with Crippen molar-refractivity contribution in [1.29, 1.82) is 5.26 Å². The van der Waals surface area contributed by atoms with Crippen LogP contribution in [0.3, 0.4) is 0 Å². The van der Waals surface area contributed by atoms with Gasteiger partial charge in [-0.2, -0.15) is 10.2 Å². The molecule has 0 N–H and O–H groups in total. The summed E-state index contributed by atoms with van der Waals surface area (Å²) < 4.78 is 15.8. The predicted octanol–water partition coefficient (Wildman–Crippen LogP) is 0.788. The first-order chi connectivity index (χ1) is 7.80. The number of ether oxygens (including phenoxy) is 2. The zero-order valence-corrected chi connectivity index (χ0v) is 9.10. The van der Waals surface area contributed by atoms with Gasteiger partial charge in [-0.3, -0.25) is 0 Å². The number of methoxy groups -OCH3 is 1. The van der Waals surface area contributed by atoms with E-state index in [2.05, 4.69) is 10.1 Å². The fraction of sp³-hybridized carbons (Fsp3) is 0.700. The van der Waals surface area contributed by atoms with Gasteiger partial charge in [-0.05, 0) is 0 Å². The summed E-state index contributed by atoms with van der Waals surface area (Å²) in [5.74, 6) is 0.851. The molecule has 86 valence electrons. The Bertz CT molecular complexity index is 390. The van der Waals surface area contributed by atoms with Crippen molar-refractivity contribution in [1.82, 2.24) is 10.1 Å². The summed E-state index contributed by atoms with van der Waals surface area (Å²) in [6, 6.07) is 1.97. The molecular weight excluding hydrogens is 210 g/mol. The van der Waals surface area contributed by atoms with E-state index in [1.54, 1.807) is 7.11 Å². The lowest BCUT2D eigenvalue weighted by atomic mass is 9.93. The van der Waals surface area contributed by atoms with Gasteiger partial charge in [0.25, 0.3) is 0 Å². The minimum atomic E-state index is -0.518. The van der Waals surface area contributed by atoms with Crippen LogP contribution in [0.4, 0.5) is 0 Å². The molecule has 6 heteroatoms. The molecule has 1 saturated heterocycles. The number of nitrogens with zero attached hydrogens (tertiary/aromatic N) is 3. The molecule has 1 aromatic heterocycles. The van der Waals surface area contributed by atoms with E-state index >= 15 is 0 Å². The van der Waals surface area contributed by atoms with Crippen LogP contribution in [-0.2, 0) is 21.5 Å². The van der Waals surface area contributed by atoms with E-state index in [0.29, 0.717) is 37.8 Å². The van der Waals surface area contributed by atoms with Gasteiger partial charge in [0.2, 0.25) is 11.7 Å². The van der Waals surface area contributed by atoms with Crippen molar-refractivity contribution in [2.45, 2.75) is 24.9 Å². The third-order valence-electron chi connectivity index (χ3n) is 2.80. The van der Waals surface area contributed by atoms with Gasteiger partial charge in [0, 0.05) is 33.2 Å². The lowest BCUT2D eigenvalue weighted by molar-refractivity contribution is -0.101. The molecule has 0 radical (unpaired) electrons. The maximum absolute atomic E-state index is 8.53. The quantitative estimate of drug-likeness (QED) is 0.753. The molecule has 0 unspecified atom stereocenters. The molecule has 6 nitrogen and oxygen atoms in total. The second-order valence-electron chi connectivity index (χ2n) is 3.66. The van der Waals surface area contributed by atoms with E-state index in [-0.39, 0.29) is 6.42 Å². The van der Waals surface area contributed by atoms with Gasteiger partial charge in [-0.1, -0.05) is 5.16 Å². The summed E-state index contributed by atoms with van der Waals surface area (Å²) in [7, 11) is 1.63. The van der Waals surface area contributed by atoms with Crippen LogP contribution in [0.2, 0.25) is 0 Å². The molecule has 0 bridgehead atoms. The number of hydrogen-bond acceptors (Lipinski definition) is 6. The summed E-state index contributed by atoms with van der Waals surface area (Å²) >= 11 is 0. The minimum absolute atomic E-state index is 0.128. The van der Waals surface area contributed by atoms with E-state index in [1.807, 2.05) is 6.07 Å². The highest BCUT2D eigenvalue weighted by Crippen LogP contribution is 2.33. The highest BCUT2D eigenvalue weighted by Gasteiger charge is 2.39. The fourth-order valence-corrected chi connectivity index (χ4v) is 1.80. The van der Waals surface area contributed by atoms with E-state index in [4.69, 9.17) is 19.3 Å². The largest absolute Gasteiger partial charge is 0.381 e. The minimum Gasteiger partial charge on any atom is -0.381 e. The van der Waals surface area contributed by atoms with Gasteiger partial charge in [0.1, 0.15) is 12.0 Å². The maximum atomic E-state index is 8.53. The van der Waals surface area contributed by atoms with E-state index in [9.17, 15) is 0 Å². The van der Waals surface area contributed by atoms with Crippen LogP contribution >= 0.6 is 0 Å². The topological polar surface area (TPSA) is 81.2 Å². The van der Waals surface area contributed by atoms with Crippen molar-refractivity contribution >= 4 is 0 Å². The monoisotopic (exact) mass is 223 g/mol.